The number of nitrogens with zero attached hydrogens (tertiary/aromatic N) is 2. The minimum absolute atomic E-state index is 0.290. The molecule has 0 saturated heterocycles. The van der Waals surface area contributed by atoms with Crippen LogP contribution in [-0.2, 0) is 4.74 Å². The summed E-state index contributed by atoms with van der Waals surface area (Å²) in [5, 5.41) is 9.70. The standard InChI is InChI=1S/C13H23N3O3/c1-4-7-19-13-11(14)5-6-12(15-13)16(2)8-10(17)9-18-3/h5-6,10,17H,4,7-9,14H2,1-3H3. The molecule has 1 unspecified atom stereocenters. The Morgan fingerprint density at radius 2 is 2.21 bits per heavy atom. The molecule has 1 rings (SSSR count). The number of pyridine rings is 1. The van der Waals surface area contributed by atoms with Gasteiger partial charge in [0.25, 0.3) is 0 Å². The second-order valence-corrected chi connectivity index (χ2v) is 4.40. The summed E-state index contributed by atoms with van der Waals surface area (Å²) in [6.07, 6.45) is 0.336. The van der Waals surface area contributed by atoms with Crippen molar-refractivity contribution in [3.05, 3.63) is 12.1 Å². The van der Waals surface area contributed by atoms with Crippen molar-refractivity contribution in [3.8, 4) is 5.88 Å². The maximum Gasteiger partial charge on any atom is 0.239 e. The molecule has 0 aliphatic rings. The number of methoxy groups -OCH3 is 1. The number of hydrogen-bond donors (Lipinski definition) is 2. The topological polar surface area (TPSA) is 80.8 Å². The van der Waals surface area contributed by atoms with Gasteiger partial charge in [0, 0.05) is 20.7 Å². The van der Waals surface area contributed by atoms with Crippen LogP contribution in [0.4, 0.5) is 11.5 Å². The van der Waals surface area contributed by atoms with Crippen molar-refractivity contribution in [2.75, 3.05) is 44.5 Å². The van der Waals surface area contributed by atoms with E-state index in [0.717, 1.165) is 6.42 Å². The number of ether oxygens (including phenoxy) is 2. The largest absolute Gasteiger partial charge is 0.476 e. The number of nitrogen functional groups attached to an aromatic ring is 1. The van der Waals surface area contributed by atoms with Crippen LogP contribution in [0.15, 0.2) is 12.1 Å². The zero-order chi connectivity index (χ0) is 14.3. The number of aliphatic hydroxyl groups is 1. The lowest BCUT2D eigenvalue weighted by atomic mass is 10.3. The molecule has 1 aromatic rings. The molecule has 19 heavy (non-hydrogen) atoms. The lowest BCUT2D eigenvalue weighted by Gasteiger charge is -2.22. The molecule has 0 saturated carbocycles. The molecule has 0 aliphatic carbocycles. The van der Waals surface area contributed by atoms with Crippen molar-refractivity contribution < 1.29 is 14.6 Å². The monoisotopic (exact) mass is 269 g/mol. The van der Waals surface area contributed by atoms with E-state index in [9.17, 15) is 5.11 Å². The van der Waals surface area contributed by atoms with E-state index in [2.05, 4.69) is 4.98 Å². The fraction of sp³-hybridized carbons (Fsp3) is 0.615. The molecular formula is C13H23N3O3. The molecule has 0 spiro atoms. The Hall–Kier alpha value is -1.53. The van der Waals surface area contributed by atoms with Crippen LogP contribution in [0.2, 0.25) is 0 Å². The second kappa shape index (κ2) is 7.81. The normalized spacial score (nSPS) is 12.2. The van der Waals surface area contributed by atoms with Gasteiger partial charge in [0.05, 0.1) is 25.0 Å². The summed E-state index contributed by atoms with van der Waals surface area (Å²) in [4.78, 5) is 6.18. The van der Waals surface area contributed by atoms with Gasteiger partial charge in [-0.2, -0.15) is 4.98 Å². The lowest BCUT2D eigenvalue weighted by Crippen LogP contribution is -2.32. The van der Waals surface area contributed by atoms with Crippen LogP contribution in [0.3, 0.4) is 0 Å². The highest BCUT2D eigenvalue weighted by molar-refractivity contribution is 5.54. The van der Waals surface area contributed by atoms with Gasteiger partial charge in [-0.05, 0) is 18.6 Å². The first-order valence-electron chi connectivity index (χ1n) is 6.36. The summed E-state index contributed by atoms with van der Waals surface area (Å²) in [6.45, 7) is 3.32. The molecule has 1 aromatic heterocycles. The SMILES string of the molecule is CCCOc1nc(N(C)CC(O)COC)ccc1N. The predicted octanol–water partition coefficient (Wildman–Crippen LogP) is 0.896. The minimum atomic E-state index is -0.561. The number of aliphatic hydroxyl groups excluding tert-OH is 1. The van der Waals surface area contributed by atoms with E-state index in [1.165, 1.54) is 0 Å². The Kier molecular flexibility index (Phi) is 6.38. The van der Waals surface area contributed by atoms with Crippen LogP contribution in [-0.4, -0.2) is 50.1 Å². The van der Waals surface area contributed by atoms with Gasteiger partial charge in [-0.3, -0.25) is 0 Å². The van der Waals surface area contributed by atoms with Crippen LogP contribution in [0, 0.1) is 0 Å². The van der Waals surface area contributed by atoms with E-state index < -0.39 is 6.10 Å². The van der Waals surface area contributed by atoms with Crippen LogP contribution in [0.1, 0.15) is 13.3 Å². The molecule has 6 nitrogen and oxygen atoms in total. The second-order valence-electron chi connectivity index (χ2n) is 4.40. The maximum absolute atomic E-state index is 9.70. The van der Waals surface area contributed by atoms with E-state index in [1.54, 1.807) is 19.2 Å². The lowest BCUT2D eigenvalue weighted by molar-refractivity contribution is 0.0694. The van der Waals surface area contributed by atoms with Gasteiger partial charge in [0.2, 0.25) is 5.88 Å². The zero-order valence-electron chi connectivity index (χ0n) is 11.8. The maximum atomic E-state index is 9.70. The predicted molar refractivity (Wildman–Crippen MR) is 75.6 cm³/mol. The Labute approximate surface area is 114 Å². The van der Waals surface area contributed by atoms with Crippen LogP contribution in [0.5, 0.6) is 5.88 Å². The van der Waals surface area contributed by atoms with Gasteiger partial charge in [0.15, 0.2) is 0 Å². The average Bonchev–Trinajstić information content (AvgIpc) is 2.37. The quantitative estimate of drug-likeness (QED) is 0.729. The molecule has 0 amide bonds. The van der Waals surface area contributed by atoms with Crippen molar-refractivity contribution in [3.63, 3.8) is 0 Å². The van der Waals surface area contributed by atoms with Crippen molar-refractivity contribution >= 4 is 11.5 Å². The average molecular weight is 269 g/mol. The summed E-state index contributed by atoms with van der Waals surface area (Å²) < 4.78 is 10.4. The Balaban J connectivity index is 2.71. The minimum Gasteiger partial charge on any atom is -0.476 e. The van der Waals surface area contributed by atoms with Crippen LogP contribution < -0.4 is 15.4 Å². The van der Waals surface area contributed by atoms with Gasteiger partial charge in [-0.1, -0.05) is 6.92 Å². The molecule has 0 radical (unpaired) electrons. The fourth-order valence-electron chi connectivity index (χ4n) is 1.62. The van der Waals surface area contributed by atoms with Gasteiger partial charge < -0.3 is 25.2 Å². The highest BCUT2D eigenvalue weighted by Crippen LogP contribution is 2.22. The summed E-state index contributed by atoms with van der Waals surface area (Å²) >= 11 is 0. The molecule has 0 aliphatic heterocycles. The van der Waals surface area contributed by atoms with Crippen molar-refractivity contribution in [2.45, 2.75) is 19.4 Å². The van der Waals surface area contributed by atoms with Crippen molar-refractivity contribution in [1.82, 2.24) is 4.98 Å². The molecular weight excluding hydrogens is 246 g/mol. The zero-order valence-corrected chi connectivity index (χ0v) is 11.8. The summed E-state index contributed by atoms with van der Waals surface area (Å²) in [7, 11) is 3.41. The van der Waals surface area contributed by atoms with E-state index in [4.69, 9.17) is 15.2 Å². The van der Waals surface area contributed by atoms with Crippen molar-refractivity contribution in [2.24, 2.45) is 0 Å². The molecule has 1 atom stereocenters. The number of likely N-dealkylation sites (N-methyl/N-ethyl adjacent to an activating group) is 1. The first kappa shape index (κ1) is 15.5. The molecule has 0 aromatic carbocycles. The number of hydrogen-bond acceptors (Lipinski definition) is 6. The van der Waals surface area contributed by atoms with E-state index in [0.29, 0.717) is 37.1 Å². The Morgan fingerprint density at radius 3 is 2.84 bits per heavy atom. The summed E-state index contributed by atoms with van der Waals surface area (Å²) in [5.74, 6) is 1.14. The molecule has 108 valence electrons. The smallest absolute Gasteiger partial charge is 0.239 e. The Morgan fingerprint density at radius 1 is 1.47 bits per heavy atom. The van der Waals surface area contributed by atoms with E-state index in [1.807, 2.05) is 18.9 Å². The molecule has 0 bridgehead atoms. The van der Waals surface area contributed by atoms with Gasteiger partial charge in [-0.25, -0.2) is 0 Å². The van der Waals surface area contributed by atoms with Gasteiger partial charge in [0.1, 0.15) is 5.82 Å². The summed E-state index contributed by atoms with van der Waals surface area (Å²) in [6, 6.07) is 3.56. The Bertz CT molecular complexity index is 387. The summed E-state index contributed by atoms with van der Waals surface area (Å²) in [5.41, 5.74) is 6.32. The highest BCUT2D eigenvalue weighted by Gasteiger charge is 2.12. The number of aromatic nitrogens is 1. The van der Waals surface area contributed by atoms with E-state index in [-0.39, 0.29) is 0 Å². The molecule has 0 fully saturated rings. The molecule has 3 N–H and O–H groups in total. The van der Waals surface area contributed by atoms with Gasteiger partial charge >= 0.3 is 0 Å². The third-order valence-corrected chi connectivity index (χ3v) is 2.55. The number of rotatable bonds is 8. The molecule has 1 heterocycles. The highest BCUT2D eigenvalue weighted by atomic mass is 16.5. The van der Waals surface area contributed by atoms with Gasteiger partial charge in [-0.15, -0.1) is 0 Å². The van der Waals surface area contributed by atoms with Crippen LogP contribution >= 0.6 is 0 Å². The van der Waals surface area contributed by atoms with Crippen LogP contribution in [0.25, 0.3) is 0 Å². The van der Waals surface area contributed by atoms with Crippen molar-refractivity contribution in [1.29, 1.82) is 0 Å². The van der Waals surface area contributed by atoms with E-state index >= 15 is 0 Å². The first-order chi connectivity index (χ1) is 9.08. The number of anilines is 2. The third kappa shape index (κ3) is 4.92. The fourth-order valence-corrected chi connectivity index (χ4v) is 1.62. The molecule has 6 heteroatoms. The first-order valence-corrected chi connectivity index (χ1v) is 6.36. The number of nitrogens with two attached hydrogens (primary N) is 1. The third-order valence-electron chi connectivity index (χ3n) is 2.55.